The Morgan fingerprint density at radius 3 is 1.66 bits per heavy atom. The van der Waals surface area contributed by atoms with Gasteiger partial charge in [-0.2, -0.15) is 0 Å². The van der Waals surface area contributed by atoms with Crippen molar-refractivity contribution in [3.8, 4) is 44.5 Å². The first kappa shape index (κ1) is 30.1. The minimum atomic E-state index is -0.0729. The molecule has 11 rings (SSSR count). The van der Waals surface area contributed by atoms with Crippen LogP contribution in [0, 0.1) is 0 Å². The molecule has 53 heavy (non-hydrogen) atoms. The van der Waals surface area contributed by atoms with Crippen molar-refractivity contribution in [3.05, 3.63) is 187 Å². The van der Waals surface area contributed by atoms with Crippen LogP contribution in [0.1, 0.15) is 25.0 Å². The lowest BCUT2D eigenvalue weighted by atomic mass is 9.81. The van der Waals surface area contributed by atoms with E-state index in [1.807, 2.05) is 12.3 Å². The Morgan fingerprint density at radius 1 is 0.358 bits per heavy atom. The number of nitrogens with zero attached hydrogens (tertiary/aromatic N) is 1. The van der Waals surface area contributed by atoms with Crippen molar-refractivity contribution in [1.29, 1.82) is 0 Å². The van der Waals surface area contributed by atoms with Crippen LogP contribution >= 0.6 is 0 Å². The highest BCUT2D eigenvalue weighted by Crippen LogP contribution is 2.53. The van der Waals surface area contributed by atoms with E-state index in [1.54, 1.807) is 0 Å². The van der Waals surface area contributed by atoms with Crippen LogP contribution < -0.4 is 0 Å². The normalized spacial score (nSPS) is 13.2. The minimum Gasteiger partial charge on any atom is -0.256 e. The summed E-state index contributed by atoms with van der Waals surface area (Å²) in [5.74, 6) is 0. The van der Waals surface area contributed by atoms with E-state index in [1.165, 1.54) is 93.2 Å². The van der Waals surface area contributed by atoms with Gasteiger partial charge in [0.05, 0.1) is 5.52 Å². The monoisotopic (exact) mass is 673 g/mol. The van der Waals surface area contributed by atoms with Crippen molar-refractivity contribution in [2.75, 3.05) is 0 Å². The number of fused-ring (bicyclic) bond motifs is 9. The van der Waals surface area contributed by atoms with Gasteiger partial charge in [-0.1, -0.05) is 172 Å². The SMILES string of the molecule is CC1(C)c2ccc(-c3c4ccccc4c(-c4ccc(-c5cccc6cccnc56)c5ccccc45)c4ccccc34)cc2-c2c1ccc1ccccc21. The van der Waals surface area contributed by atoms with Gasteiger partial charge in [-0.05, 0) is 105 Å². The molecule has 0 spiro atoms. The first-order valence-electron chi connectivity index (χ1n) is 18.5. The largest absolute Gasteiger partial charge is 0.256 e. The molecule has 1 nitrogen and oxygen atoms in total. The second kappa shape index (κ2) is 11.2. The smallest absolute Gasteiger partial charge is 0.0780 e. The summed E-state index contributed by atoms with van der Waals surface area (Å²) in [7, 11) is 0. The number of hydrogen-bond acceptors (Lipinski definition) is 1. The minimum absolute atomic E-state index is 0.0729. The van der Waals surface area contributed by atoms with Gasteiger partial charge < -0.3 is 0 Å². The molecule has 248 valence electrons. The maximum atomic E-state index is 4.82. The number of pyridine rings is 1. The zero-order valence-electron chi connectivity index (χ0n) is 29.7. The molecule has 0 atom stereocenters. The van der Waals surface area contributed by atoms with E-state index in [0.29, 0.717) is 0 Å². The second-order valence-corrected chi connectivity index (χ2v) is 15.0. The molecule has 0 N–H and O–H groups in total. The predicted molar refractivity (Wildman–Crippen MR) is 226 cm³/mol. The molecule has 1 aromatic heterocycles. The van der Waals surface area contributed by atoms with E-state index in [4.69, 9.17) is 4.98 Å². The van der Waals surface area contributed by atoms with E-state index in [9.17, 15) is 0 Å². The number of hydrogen-bond donors (Lipinski definition) is 0. The molecular weight excluding hydrogens is 639 g/mol. The quantitative estimate of drug-likeness (QED) is 0.170. The van der Waals surface area contributed by atoms with Gasteiger partial charge in [-0.15, -0.1) is 0 Å². The lowest BCUT2D eigenvalue weighted by molar-refractivity contribution is 0.661. The fraction of sp³-hybridized carbons (Fsp3) is 0.0577. The Bertz CT molecular complexity index is 3080. The van der Waals surface area contributed by atoms with Gasteiger partial charge in [0.1, 0.15) is 0 Å². The van der Waals surface area contributed by atoms with Gasteiger partial charge in [0.15, 0.2) is 0 Å². The third-order valence-electron chi connectivity index (χ3n) is 11.9. The van der Waals surface area contributed by atoms with E-state index < -0.39 is 0 Å². The van der Waals surface area contributed by atoms with E-state index in [-0.39, 0.29) is 5.41 Å². The molecular formula is C52H35N. The lowest BCUT2D eigenvalue weighted by Crippen LogP contribution is -2.14. The molecule has 1 heterocycles. The van der Waals surface area contributed by atoms with Crippen molar-refractivity contribution in [3.63, 3.8) is 0 Å². The van der Waals surface area contributed by atoms with Crippen LogP contribution in [-0.2, 0) is 5.41 Å². The Balaban J connectivity index is 1.19. The third kappa shape index (κ3) is 4.28. The molecule has 0 saturated carbocycles. The molecule has 0 unspecified atom stereocenters. The van der Waals surface area contributed by atoms with Crippen LogP contribution in [-0.4, -0.2) is 4.98 Å². The lowest BCUT2D eigenvalue weighted by Gasteiger charge is -2.22. The summed E-state index contributed by atoms with van der Waals surface area (Å²) in [4.78, 5) is 4.82. The Kier molecular flexibility index (Phi) is 6.37. The van der Waals surface area contributed by atoms with Crippen LogP contribution in [0.5, 0.6) is 0 Å². The van der Waals surface area contributed by atoms with E-state index >= 15 is 0 Å². The average Bonchev–Trinajstić information content (AvgIpc) is 3.45. The van der Waals surface area contributed by atoms with Crippen LogP contribution in [0.15, 0.2) is 176 Å². The highest BCUT2D eigenvalue weighted by molar-refractivity contribution is 6.24. The van der Waals surface area contributed by atoms with Crippen molar-refractivity contribution in [2.24, 2.45) is 0 Å². The predicted octanol–water partition coefficient (Wildman–Crippen LogP) is 14.2. The molecule has 0 aliphatic heterocycles. The summed E-state index contributed by atoms with van der Waals surface area (Å²) < 4.78 is 0. The van der Waals surface area contributed by atoms with Crippen LogP contribution in [0.3, 0.4) is 0 Å². The molecule has 0 bridgehead atoms. The van der Waals surface area contributed by atoms with Gasteiger partial charge in [0.2, 0.25) is 0 Å². The maximum Gasteiger partial charge on any atom is 0.0780 e. The summed E-state index contributed by atoms with van der Waals surface area (Å²) in [6.45, 7) is 4.75. The second-order valence-electron chi connectivity index (χ2n) is 15.0. The zero-order valence-corrected chi connectivity index (χ0v) is 29.7. The Labute approximate surface area is 308 Å². The van der Waals surface area contributed by atoms with Crippen LogP contribution in [0.2, 0.25) is 0 Å². The number of rotatable bonds is 3. The van der Waals surface area contributed by atoms with Crippen LogP contribution in [0.25, 0.3) is 98.5 Å². The summed E-state index contributed by atoms with van der Waals surface area (Å²) in [5, 5.41) is 11.3. The van der Waals surface area contributed by atoms with Crippen molar-refractivity contribution in [2.45, 2.75) is 19.3 Å². The number of aromatic nitrogens is 1. The van der Waals surface area contributed by atoms with E-state index in [0.717, 1.165) is 16.5 Å². The summed E-state index contributed by atoms with van der Waals surface area (Å²) in [6.07, 6.45) is 1.89. The first-order valence-corrected chi connectivity index (χ1v) is 18.5. The van der Waals surface area contributed by atoms with Crippen molar-refractivity contribution >= 4 is 54.0 Å². The van der Waals surface area contributed by atoms with Crippen LogP contribution in [0.4, 0.5) is 0 Å². The van der Waals surface area contributed by atoms with Gasteiger partial charge >= 0.3 is 0 Å². The molecule has 1 heteroatoms. The highest BCUT2D eigenvalue weighted by atomic mass is 14.6. The molecule has 10 aromatic rings. The number of benzene rings is 9. The fourth-order valence-corrected chi connectivity index (χ4v) is 9.48. The Morgan fingerprint density at radius 2 is 0.925 bits per heavy atom. The zero-order chi connectivity index (χ0) is 35.3. The topological polar surface area (TPSA) is 12.9 Å². The molecule has 1 aliphatic carbocycles. The molecule has 0 fully saturated rings. The fourth-order valence-electron chi connectivity index (χ4n) is 9.48. The maximum absolute atomic E-state index is 4.82. The molecule has 9 aromatic carbocycles. The van der Waals surface area contributed by atoms with Gasteiger partial charge in [-0.3, -0.25) is 4.98 Å². The average molecular weight is 674 g/mol. The molecule has 1 aliphatic rings. The summed E-state index contributed by atoms with van der Waals surface area (Å²) in [6, 6.07) is 62.9. The highest BCUT2D eigenvalue weighted by Gasteiger charge is 2.36. The van der Waals surface area contributed by atoms with Gasteiger partial charge in [0, 0.05) is 22.6 Å². The summed E-state index contributed by atoms with van der Waals surface area (Å²) in [5.41, 5.74) is 13.9. The van der Waals surface area contributed by atoms with Gasteiger partial charge in [0.25, 0.3) is 0 Å². The standard InChI is InChI=1S/C52H35N/c1-52(2)46-28-25-34(31-45(46)50-35-16-4-3-13-32(35)24-29-47(50)52)48-39-19-7-9-21-41(39)49(42-22-10-8-20-40(42)48)43-27-26-38(36-17-5-6-18-37(36)43)44-23-11-14-33-15-12-30-53-51(33)44/h3-31H,1-2H3. The van der Waals surface area contributed by atoms with Gasteiger partial charge in [-0.25, -0.2) is 0 Å². The number of para-hydroxylation sites is 1. The molecule has 0 amide bonds. The van der Waals surface area contributed by atoms with Crippen molar-refractivity contribution in [1.82, 2.24) is 4.98 Å². The van der Waals surface area contributed by atoms with Crippen molar-refractivity contribution < 1.29 is 0 Å². The first-order chi connectivity index (χ1) is 26.1. The van der Waals surface area contributed by atoms with E-state index in [2.05, 4.69) is 178 Å². The third-order valence-corrected chi connectivity index (χ3v) is 11.9. The molecule has 0 saturated heterocycles. The summed E-state index contributed by atoms with van der Waals surface area (Å²) >= 11 is 0. The Hall–Kier alpha value is -6.57. The molecule has 0 radical (unpaired) electrons.